The van der Waals surface area contributed by atoms with Gasteiger partial charge in [-0.05, 0) is 32.0 Å². The number of carboxylic acid groups (broad SMARTS) is 1. The number of carbonyl (C=O) groups is 1. The van der Waals surface area contributed by atoms with E-state index in [1.54, 1.807) is 39.2 Å². The van der Waals surface area contributed by atoms with Crippen LogP contribution in [0.15, 0.2) is 18.2 Å². The zero-order valence-electron chi connectivity index (χ0n) is 10.1. The van der Waals surface area contributed by atoms with Gasteiger partial charge in [-0.1, -0.05) is 11.6 Å². The lowest BCUT2D eigenvalue weighted by atomic mass is 9.94. The van der Waals surface area contributed by atoms with Gasteiger partial charge in [0.25, 0.3) is 0 Å². The van der Waals surface area contributed by atoms with Crippen molar-refractivity contribution in [3.05, 3.63) is 23.2 Å². The van der Waals surface area contributed by atoms with Crippen LogP contribution < -0.4 is 10.1 Å². The molecule has 0 bridgehead atoms. The zero-order chi connectivity index (χ0) is 13.1. The van der Waals surface area contributed by atoms with Crippen molar-refractivity contribution >= 4 is 23.3 Å². The maximum absolute atomic E-state index is 11.0. The van der Waals surface area contributed by atoms with Crippen LogP contribution in [0.2, 0.25) is 5.02 Å². The second kappa shape index (κ2) is 5.27. The molecule has 5 heteroatoms. The fourth-order valence-corrected chi connectivity index (χ4v) is 1.38. The summed E-state index contributed by atoms with van der Waals surface area (Å²) in [6, 6.07) is 5.16. The van der Waals surface area contributed by atoms with Gasteiger partial charge in [0.2, 0.25) is 0 Å². The van der Waals surface area contributed by atoms with Gasteiger partial charge in [0, 0.05) is 11.6 Å². The van der Waals surface area contributed by atoms with Crippen LogP contribution in [0, 0.1) is 5.41 Å². The largest absolute Gasteiger partial charge is 0.495 e. The van der Waals surface area contributed by atoms with Gasteiger partial charge in [-0.25, -0.2) is 0 Å². The normalized spacial score (nSPS) is 11.1. The summed E-state index contributed by atoms with van der Waals surface area (Å²) in [7, 11) is 1.55. The van der Waals surface area contributed by atoms with Gasteiger partial charge in [0.05, 0.1) is 18.2 Å². The van der Waals surface area contributed by atoms with Gasteiger partial charge in [-0.3, -0.25) is 4.79 Å². The Morgan fingerprint density at radius 2 is 2.18 bits per heavy atom. The summed E-state index contributed by atoms with van der Waals surface area (Å²) in [6.45, 7) is 3.59. The third kappa shape index (κ3) is 3.53. The highest BCUT2D eigenvalue weighted by atomic mass is 35.5. The minimum Gasteiger partial charge on any atom is -0.495 e. The van der Waals surface area contributed by atoms with Crippen molar-refractivity contribution in [1.82, 2.24) is 0 Å². The average Bonchev–Trinajstić information content (AvgIpc) is 2.26. The Morgan fingerprint density at radius 3 is 2.71 bits per heavy atom. The van der Waals surface area contributed by atoms with Crippen LogP contribution in [0.4, 0.5) is 5.69 Å². The lowest BCUT2D eigenvalue weighted by Crippen LogP contribution is -2.31. The third-order valence-corrected chi connectivity index (χ3v) is 2.70. The van der Waals surface area contributed by atoms with Crippen molar-refractivity contribution in [1.29, 1.82) is 0 Å². The zero-order valence-corrected chi connectivity index (χ0v) is 10.8. The third-order valence-electron chi connectivity index (χ3n) is 2.46. The highest BCUT2D eigenvalue weighted by Crippen LogP contribution is 2.28. The van der Waals surface area contributed by atoms with E-state index in [1.165, 1.54) is 0 Å². The number of halogens is 1. The number of hydrogen-bond donors (Lipinski definition) is 2. The smallest absolute Gasteiger partial charge is 0.310 e. The van der Waals surface area contributed by atoms with Crippen LogP contribution in [-0.2, 0) is 4.79 Å². The molecule has 2 N–H and O–H groups in total. The summed E-state index contributed by atoms with van der Waals surface area (Å²) >= 11 is 5.87. The van der Waals surface area contributed by atoms with Crippen LogP contribution in [0.5, 0.6) is 5.75 Å². The van der Waals surface area contributed by atoms with Crippen LogP contribution in [0.3, 0.4) is 0 Å². The lowest BCUT2D eigenvalue weighted by molar-refractivity contribution is -0.146. The molecule has 17 heavy (non-hydrogen) atoms. The number of benzene rings is 1. The highest BCUT2D eigenvalue weighted by Gasteiger charge is 2.27. The van der Waals surface area contributed by atoms with Gasteiger partial charge in [-0.2, -0.15) is 0 Å². The maximum Gasteiger partial charge on any atom is 0.310 e. The van der Waals surface area contributed by atoms with E-state index in [0.717, 1.165) is 0 Å². The van der Waals surface area contributed by atoms with Crippen molar-refractivity contribution in [3.63, 3.8) is 0 Å². The number of hydrogen-bond acceptors (Lipinski definition) is 3. The molecule has 0 amide bonds. The second-order valence-electron chi connectivity index (χ2n) is 4.39. The van der Waals surface area contributed by atoms with Gasteiger partial charge in [-0.15, -0.1) is 0 Å². The van der Waals surface area contributed by atoms with Crippen molar-refractivity contribution in [3.8, 4) is 5.75 Å². The molecule has 0 saturated heterocycles. The molecule has 0 unspecified atom stereocenters. The van der Waals surface area contributed by atoms with E-state index in [9.17, 15) is 4.79 Å². The van der Waals surface area contributed by atoms with E-state index in [1.807, 2.05) is 0 Å². The van der Waals surface area contributed by atoms with Crippen LogP contribution >= 0.6 is 11.6 Å². The summed E-state index contributed by atoms with van der Waals surface area (Å²) < 4.78 is 5.16. The molecule has 0 saturated carbocycles. The SMILES string of the molecule is COc1ccc(Cl)cc1NCC(C)(C)C(=O)O. The average molecular weight is 258 g/mol. The quantitative estimate of drug-likeness (QED) is 0.852. The predicted octanol–water partition coefficient (Wildman–Crippen LogP) is 2.87. The van der Waals surface area contributed by atoms with Crippen molar-refractivity contribution in [2.45, 2.75) is 13.8 Å². The Morgan fingerprint density at radius 1 is 1.53 bits per heavy atom. The molecule has 0 radical (unpaired) electrons. The van der Waals surface area contributed by atoms with Crippen molar-refractivity contribution < 1.29 is 14.6 Å². The molecule has 4 nitrogen and oxygen atoms in total. The Labute approximate surface area is 106 Å². The molecule has 0 fully saturated rings. The topological polar surface area (TPSA) is 58.6 Å². The molecule has 94 valence electrons. The molecule has 1 aromatic carbocycles. The van der Waals surface area contributed by atoms with Gasteiger partial charge < -0.3 is 15.2 Å². The molecule has 0 aliphatic rings. The molecule has 0 spiro atoms. The summed E-state index contributed by atoms with van der Waals surface area (Å²) in [6.07, 6.45) is 0. The first-order chi connectivity index (χ1) is 7.86. The molecule has 1 aromatic rings. The molecule has 0 aliphatic heterocycles. The molecule has 0 aliphatic carbocycles. The predicted molar refractivity (Wildman–Crippen MR) is 67.9 cm³/mol. The van der Waals surface area contributed by atoms with Gasteiger partial charge >= 0.3 is 5.97 Å². The van der Waals surface area contributed by atoms with Gasteiger partial charge in [0.15, 0.2) is 0 Å². The fourth-order valence-electron chi connectivity index (χ4n) is 1.21. The van der Waals surface area contributed by atoms with Crippen molar-refractivity contribution in [2.24, 2.45) is 5.41 Å². The number of methoxy groups -OCH3 is 1. The van der Waals surface area contributed by atoms with E-state index in [0.29, 0.717) is 23.0 Å². The standard InChI is InChI=1S/C12H16ClNO3/c1-12(2,11(15)16)7-14-9-6-8(13)4-5-10(9)17-3/h4-6,14H,7H2,1-3H3,(H,15,16). The van der Waals surface area contributed by atoms with E-state index in [-0.39, 0.29) is 0 Å². The number of carboxylic acids is 1. The first-order valence-electron chi connectivity index (χ1n) is 5.17. The fraction of sp³-hybridized carbons (Fsp3) is 0.417. The first kappa shape index (κ1) is 13.6. The molecule has 1 rings (SSSR count). The number of ether oxygens (including phenoxy) is 1. The van der Waals surface area contributed by atoms with E-state index < -0.39 is 11.4 Å². The monoisotopic (exact) mass is 257 g/mol. The first-order valence-corrected chi connectivity index (χ1v) is 5.55. The highest BCUT2D eigenvalue weighted by molar-refractivity contribution is 6.30. The molecular weight excluding hydrogens is 242 g/mol. The Kier molecular flexibility index (Phi) is 4.23. The van der Waals surface area contributed by atoms with Crippen molar-refractivity contribution in [2.75, 3.05) is 19.0 Å². The molecular formula is C12H16ClNO3. The molecule has 0 aromatic heterocycles. The number of anilines is 1. The minimum atomic E-state index is -0.856. The second-order valence-corrected chi connectivity index (χ2v) is 4.82. The summed E-state index contributed by atoms with van der Waals surface area (Å²) in [5, 5.41) is 12.6. The maximum atomic E-state index is 11.0. The minimum absolute atomic E-state index is 0.291. The molecule has 0 heterocycles. The summed E-state index contributed by atoms with van der Waals surface area (Å²) in [5.41, 5.74) is -0.165. The van der Waals surface area contributed by atoms with Gasteiger partial charge in [0.1, 0.15) is 5.75 Å². The Hall–Kier alpha value is -1.42. The molecule has 0 atom stereocenters. The van der Waals surface area contributed by atoms with E-state index in [4.69, 9.17) is 21.4 Å². The van der Waals surface area contributed by atoms with Crippen LogP contribution in [-0.4, -0.2) is 24.7 Å². The van der Waals surface area contributed by atoms with E-state index in [2.05, 4.69) is 5.32 Å². The Bertz CT molecular complexity index is 418. The summed E-state index contributed by atoms with van der Waals surface area (Å²) in [4.78, 5) is 11.0. The number of rotatable bonds is 5. The lowest BCUT2D eigenvalue weighted by Gasteiger charge is -2.21. The number of nitrogens with one attached hydrogen (secondary N) is 1. The number of aliphatic carboxylic acids is 1. The van der Waals surface area contributed by atoms with Crippen LogP contribution in [0.1, 0.15) is 13.8 Å². The van der Waals surface area contributed by atoms with Crippen LogP contribution in [0.25, 0.3) is 0 Å². The Balaban J connectivity index is 2.81. The summed E-state index contributed by atoms with van der Waals surface area (Å²) in [5.74, 6) is -0.221. The van der Waals surface area contributed by atoms with E-state index >= 15 is 0 Å².